The molecule has 1 unspecified atom stereocenters. The molecule has 7 nitrogen and oxygen atoms in total. The van der Waals surface area contributed by atoms with Gasteiger partial charge in [-0.15, -0.1) is 0 Å². The topological polar surface area (TPSA) is 101 Å². The average molecular weight is 212 g/mol. The van der Waals surface area contributed by atoms with Gasteiger partial charge >= 0.3 is 0 Å². The van der Waals surface area contributed by atoms with Gasteiger partial charge in [0.1, 0.15) is 6.33 Å². The van der Waals surface area contributed by atoms with Gasteiger partial charge in [0.25, 0.3) is 0 Å². The predicted octanol–water partition coefficient (Wildman–Crippen LogP) is -0.918. The van der Waals surface area contributed by atoms with Crippen LogP contribution in [0.5, 0.6) is 0 Å². The number of hydrogen-bond acceptors (Lipinski definition) is 5. The van der Waals surface area contributed by atoms with E-state index in [9.17, 15) is 0 Å². The van der Waals surface area contributed by atoms with Gasteiger partial charge in [-0.1, -0.05) is 5.16 Å². The lowest BCUT2D eigenvalue weighted by Gasteiger charge is -2.10. The summed E-state index contributed by atoms with van der Waals surface area (Å²) in [5.74, 6) is 0.945. The first-order chi connectivity index (χ1) is 7.13. The van der Waals surface area contributed by atoms with E-state index >= 15 is 0 Å². The number of nitrogens with two attached hydrogens (primary N) is 1. The molecular formula is C8H16N6O. The molecule has 1 aromatic heterocycles. The van der Waals surface area contributed by atoms with Crippen LogP contribution in [0, 0.1) is 0 Å². The van der Waals surface area contributed by atoms with Crippen LogP contribution >= 0.6 is 0 Å². The zero-order chi connectivity index (χ0) is 11.3. The monoisotopic (exact) mass is 212 g/mol. The van der Waals surface area contributed by atoms with Crippen LogP contribution in [-0.2, 0) is 13.5 Å². The second kappa shape index (κ2) is 5.30. The lowest BCUT2D eigenvalue weighted by Crippen LogP contribution is -2.40. The molecule has 1 aromatic rings. The summed E-state index contributed by atoms with van der Waals surface area (Å²) >= 11 is 0. The molecule has 0 saturated heterocycles. The maximum Gasteiger partial charge on any atom is 0.156 e. The SMILES string of the molecule is CC(NCCc1ncn(C)n1)C(N)=NO. The average Bonchev–Trinajstić information content (AvgIpc) is 2.63. The molecule has 1 atom stereocenters. The highest BCUT2D eigenvalue weighted by Gasteiger charge is 2.06. The van der Waals surface area contributed by atoms with Gasteiger partial charge < -0.3 is 16.3 Å². The van der Waals surface area contributed by atoms with Crippen molar-refractivity contribution in [1.82, 2.24) is 20.1 Å². The van der Waals surface area contributed by atoms with Gasteiger partial charge in [-0.3, -0.25) is 4.68 Å². The third kappa shape index (κ3) is 3.55. The van der Waals surface area contributed by atoms with Gasteiger partial charge in [0.15, 0.2) is 11.7 Å². The first kappa shape index (κ1) is 11.4. The van der Waals surface area contributed by atoms with Gasteiger partial charge in [0, 0.05) is 20.0 Å². The number of hydrogen-bond donors (Lipinski definition) is 3. The van der Waals surface area contributed by atoms with E-state index in [2.05, 4.69) is 20.6 Å². The Hall–Kier alpha value is -1.63. The predicted molar refractivity (Wildman–Crippen MR) is 55.6 cm³/mol. The van der Waals surface area contributed by atoms with Crippen LogP contribution in [0.25, 0.3) is 0 Å². The Morgan fingerprint density at radius 2 is 2.53 bits per heavy atom. The standard InChI is InChI=1S/C8H16N6O/c1-6(8(9)13-15)10-4-3-7-11-5-14(2)12-7/h5-6,10,15H,3-4H2,1-2H3,(H2,9,13). The molecule has 84 valence electrons. The molecule has 4 N–H and O–H groups in total. The van der Waals surface area contributed by atoms with Crippen LogP contribution in [0.15, 0.2) is 11.5 Å². The summed E-state index contributed by atoms with van der Waals surface area (Å²) in [6.07, 6.45) is 2.37. The van der Waals surface area contributed by atoms with E-state index in [1.54, 1.807) is 11.0 Å². The van der Waals surface area contributed by atoms with E-state index < -0.39 is 0 Å². The third-order valence-electron chi connectivity index (χ3n) is 2.01. The molecule has 0 spiro atoms. The van der Waals surface area contributed by atoms with E-state index in [4.69, 9.17) is 10.9 Å². The van der Waals surface area contributed by atoms with Crippen LogP contribution in [0.3, 0.4) is 0 Å². The Morgan fingerprint density at radius 3 is 3.07 bits per heavy atom. The van der Waals surface area contributed by atoms with Crippen molar-refractivity contribution < 1.29 is 5.21 Å². The van der Waals surface area contributed by atoms with E-state index in [-0.39, 0.29) is 11.9 Å². The second-order valence-corrected chi connectivity index (χ2v) is 3.29. The maximum absolute atomic E-state index is 8.42. The molecular weight excluding hydrogens is 196 g/mol. The lowest BCUT2D eigenvalue weighted by atomic mass is 10.3. The lowest BCUT2D eigenvalue weighted by molar-refractivity contribution is 0.315. The summed E-state index contributed by atoms with van der Waals surface area (Å²) in [5.41, 5.74) is 5.40. The second-order valence-electron chi connectivity index (χ2n) is 3.29. The highest BCUT2D eigenvalue weighted by molar-refractivity contribution is 5.84. The molecule has 0 saturated carbocycles. The maximum atomic E-state index is 8.42. The Kier molecular flexibility index (Phi) is 4.04. The smallest absolute Gasteiger partial charge is 0.156 e. The highest BCUT2D eigenvalue weighted by atomic mass is 16.4. The first-order valence-corrected chi connectivity index (χ1v) is 4.68. The summed E-state index contributed by atoms with van der Waals surface area (Å²) in [6.45, 7) is 2.50. The molecule has 0 aliphatic carbocycles. The van der Waals surface area contributed by atoms with Crippen molar-refractivity contribution in [3.8, 4) is 0 Å². The summed E-state index contributed by atoms with van der Waals surface area (Å²) < 4.78 is 1.66. The van der Waals surface area contributed by atoms with Crippen molar-refractivity contribution in [3.63, 3.8) is 0 Å². The Labute approximate surface area is 88.0 Å². The summed E-state index contributed by atoms with van der Waals surface area (Å²) in [7, 11) is 1.82. The van der Waals surface area contributed by atoms with Gasteiger partial charge in [-0.25, -0.2) is 4.98 Å². The van der Waals surface area contributed by atoms with Crippen molar-refractivity contribution in [2.45, 2.75) is 19.4 Å². The molecule has 1 rings (SSSR count). The van der Waals surface area contributed by atoms with Gasteiger partial charge in [0.2, 0.25) is 0 Å². The fourth-order valence-corrected chi connectivity index (χ4v) is 1.09. The zero-order valence-electron chi connectivity index (χ0n) is 8.88. The van der Waals surface area contributed by atoms with Crippen molar-refractivity contribution in [3.05, 3.63) is 12.2 Å². The summed E-state index contributed by atoms with van der Waals surface area (Å²) in [6, 6.07) is -0.154. The normalized spacial score (nSPS) is 14.1. The van der Waals surface area contributed by atoms with Crippen molar-refractivity contribution in [2.75, 3.05) is 6.54 Å². The minimum Gasteiger partial charge on any atom is -0.409 e. The van der Waals surface area contributed by atoms with Crippen LogP contribution in [0.1, 0.15) is 12.7 Å². The number of oxime groups is 1. The fraction of sp³-hybridized carbons (Fsp3) is 0.625. The molecule has 1 heterocycles. The molecule has 0 aliphatic rings. The number of amidine groups is 1. The number of nitrogens with one attached hydrogen (secondary N) is 1. The summed E-state index contributed by atoms with van der Waals surface area (Å²) in [5, 5.41) is 18.5. The number of rotatable bonds is 5. The Balaban J connectivity index is 2.27. The molecule has 15 heavy (non-hydrogen) atoms. The number of aromatic nitrogens is 3. The van der Waals surface area contributed by atoms with Crippen LogP contribution in [-0.4, -0.2) is 38.4 Å². The number of nitrogens with zero attached hydrogens (tertiary/aromatic N) is 4. The van der Waals surface area contributed by atoms with E-state index in [0.29, 0.717) is 13.0 Å². The molecule has 0 aliphatic heterocycles. The highest BCUT2D eigenvalue weighted by Crippen LogP contribution is 1.89. The third-order valence-corrected chi connectivity index (χ3v) is 2.01. The van der Waals surface area contributed by atoms with Crippen molar-refractivity contribution in [1.29, 1.82) is 0 Å². The molecule has 0 amide bonds. The van der Waals surface area contributed by atoms with Crippen molar-refractivity contribution in [2.24, 2.45) is 17.9 Å². The van der Waals surface area contributed by atoms with Gasteiger partial charge in [-0.05, 0) is 6.92 Å². The number of aryl methyl sites for hydroxylation is 1. The first-order valence-electron chi connectivity index (χ1n) is 4.68. The minimum atomic E-state index is -0.154. The Bertz CT molecular complexity index is 334. The zero-order valence-corrected chi connectivity index (χ0v) is 8.88. The van der Waals surface area contributed by atoms with E-state index in [0.717, 1.165) is 5.82 Å². The van der Waals surface area contributed by atoms with Crippen LogP contribution < -0.4 is 11.1 Å². The largest absolute Gasteiger partial charge is 0.409 e. The van der Waals surface area contributed by atoms with Crippen LogP contribution in [0.4, 0.5) is 0 Å². The molecule has 0 fully saturated rings. The van der Waals surface area contributed by atoms with E-state index in [1.165, 1.54) is 0 Å². The van der Waals surface area contributed by atoms with Crippen LogP contribution in [0.2, 0.25) is 0 Å². The van der Waals surface area contributed by atoms with E-state index in [1.807, 2.05) is 14.0 Å². The summed E-state index contributed by atoms with van der Waals surface area (Å²) in [4.78, 5) is 4.08. The molecule has 7 heteroatoms. The quantitative estimate of drug-likeness (QED) is 0.254. The van der Waals surface area contributed by atoms with Crippen molar-refractivity contribution >= 4 is 5.84 Å². The van der Waals surface area contributed by atoms with Gasteiger partial charge in [-0.2, -0.15) is 5.10 Å². The fourth-order valence-electron chi connectivity index (χ4n) is 1.09. The molecule has 0 bridgehead atoms. The minimum absolute atomic E-state index is 0.154. The Morgan fingerprint density at radius 1 is 1.80 bits per heavy atom. The molecule has 0 aromatic carbocycles. The van der Waals surface area contributed by atoms with Gasteiger partial charge in [0.05, 0.1) is 6.04 Å². The molecule has 0 radical (unpaired) electrons.